The molecule has 122 valence electrons. The fourth-order valence-electron chi connectivity index (χ4n) is 2.14. The molecule has 1 amide bonds. The van der Waals surface area contributed by atoms with Crippen molar-refractivity contribution in [2.45, 2.75) is 26.3 Å². The van der Waals surface area contributed by atoms with Crippen molar-refractivity contribution in [1.29, 1.82) is 0 Å². The summed E-state index contributed by atoms with van der Waals surface area (Å²) in [5, 5.41) is 2.80. The molecular weight excluding hydrogens is 293 g/mol. The van der Waals surface area contributed by atoms with E-state index in [1.165, 1.54) is 12.1 Å². The van der Waals surface area contributed by atoms with Gasteiger partial charge in [-0.25, -0.2) is 9.37 Å². The molecule has 1 heterocycles. The van der Waals surface area contributed by atoms with E-state index in [-0.39, 0.29) is 11.7 Å². The molecule has 2 aromatic rings. The van der Waals surface area contributed by atoms with Gasteiger partial charge in [-0.05, 0) is 36.2 Å². The van der Waals surface area contributed by atoms with Crippen LogP contribution in [0.1, 0.15) is 35.7 Å². The van der Waals surface area contributed by atoms with E-state index in [1.54, 1.807) is 24.4 Å². The Labute approximate surface area is 136 Å². The zero-order chi connectivity index (χ0) is 16.7. The monoisotopic (exact) mass is 315 g/mol. The van der Waals surface area contributed by atoms with Crippen LogP contribution < -0.4 is 10.2 Å². The Morgan fingerprint density at radius 2 is 1.96 bits per heavy atom. The third-order valence-electron chi connectivity index (χ3n) is 3.61. The van der Waals surface area contributed by atoms with Gasteiger partial charge in [0.25, 0.3) is 5.91 Å². The standard InChI is InChI=1S/C18H22FN3O/c1-3-4-11-22(2)17-10-7-15(13-20-17)18(23)21-12-14-5-8-16(19)9-6-14/h5-10,13H,3-4,11-12H2,1-2H3,(H,21,23). The molecule has 0 saturated heterocycles. The lowest BCUT2D eigenvalue weighted by Gasteiger charge is -2.17. The van der Waals surface area contributed by atoms with Gasteiger partial charge in [-0.3, -0.25) is 4.79 Å². The van der Waals surface area contributed by atoms with Gasteiger partial charge in [-0.1, -0.05) is 25.5 Å². The van der Waals surface area contributed by atoms with Gasteiger partial charge in [0.1, 0.15) is 11.6 Å². The van der Waals surface area contributed by atoms with Crippen LogP contribution in [0.2, 0.25) is 0 Å². The van der Waals surface area contributed by atoms with E-state index >= 15 is 0 Å². The van der Waals surface area contributed by atoms with Gasteiger partial charge in [0.15, 0.2) is 0 Å². The number of unbranched alkanes of at least 4 members (excludes halogenated alkanes) is 1. The van der Waals surface area contributed by atoms with Gasteiger partial charge in [-0.15, -0.1) is 0 Å². The first-order chi connectivity index (χ1) is 11.1. The molecule has 0 atom stereocenters. The summed E-state index contributed by atoms with van der Waals surface area (Å²) in [6.07, 6.45) is 3.82. The van der Waals surface area contributed by atoms with Gasteiger partial charge in [0, 0.05) is 26.3 Å². The van der Waals surface area contributed by atoms with Crippen LogP contribution in [0.4, 0.5) is 10.2 Å². The van der Waals surface area contributed by atoms with Gasteiger partial charge >= 0.3 is 0 Å². The second kappa shape index (κ2) is 8.27. The van der Waals surface area contributed by atoms with Gasteiger partial charge in [-0.2, -0.15) is 0 Å². The molecule has 23 heavy (non-hydrogen) atoms. The highest BCUT2D eigenvalue weighted by Gasteiger charge is 2.08. The predicted octanol–water partition coefficient (Wildman–Crippen LogP) is 3.39. The summed E-state index contributed by atoms with van der Waals surface area (Å²) in [7, 11) is 1.99. The second-order valence-corrected chi connectivity index (χ2v) is 5.49. The normalized spacial score (nSPS) is 10.4. The number of carbonyl (C=O) groups excluding carboxylic acids is 1. The zero-order valence-electron chi connectivity index (χ0n) is 13.6. The Morgan fingerprint density at radius 1 is 1.22 bits per heavy atom. The molecule has 0 spiro atoms. The van der Waals surface area contributed by atoms with Crippen LogP contribution in [0.25, 0.3) is 0 Å². The van der Waals surface area contributed by atoms with Gasteiger partial charge in [0.05, 0.1) is 5.56 Å². The minimum absolute atomic E-state index is 0.190. The Morgan fingerprint density at radius 3 is 2.57 bits per heavy atom. The van der Waals surface area contributed by atoms with E-state index in [0.717, 1.165) is 30.8 Å². The molecular formula is C18H22FN3O. The van der Waals surface area contributed by atoms with Crippen molar-refractivity contribution in [3.8, 4) is 0 Å². The number of anilines is 1. The number of aromatic nitrogens is 1. The summed E-state index contributed by atoms with van der Waals surface area (Å²) >= 11 is 0. The first-order valence-electron chi connectivity index (χ1n) is 7.80. The van der Waals surface area contributed by atoms with E-state index in [2.05, 4.69) is 22.1 Å². The van der Waals surface area contributed by atoms with E-state index < -0.39 is 0 Å². The smallest absolute Gasteiger partial charge is 0.253 e. The lowest BCUT2D eigenvalue weighted by atomic mass is 10.2. The van der Waals surface area contributed by atoms with Crippen molar-refractivity contribution >= 4 is 11.7 Å². The summed E-state index contributed by atoms with van der Waals surface area (Å²) in [5.74, 6) is 0.380. The lowest BCUT2D eigenvalue weighted by molar-refractivity contribution is 0.0950. The topological polar surface area (TPSA) is 45.2 Å². The molecule has 2 rings (SSSR count). The maximum atomic E-state index is 12.8. The number of halogens is 1. The van der Waals surface area contributed by atoms with Crippen LogP contribution in [0.15, 0.2) is 42.6 Å². The molecule has 1 aromatic heterocycles. The van der Waals surface area contributed by atoms with Crippen LogP contribution in [-0.2, 0) is 6.54 Å². The first-order valence-corrected chi connectivity index (χ1v) is 7.80. The number of pyridine rings is 1. The molecule has 0 fully saturated rings. The van der Waals surface area contributed by atoms with Crippen molar-refractivity contribution in [2.75, 3.05) is 18.5 Å². The largest absolute Gasteiger partial charge is 0.360 e. The zero-order valence-corrected chi connectivity index (χ0v) is 13.6. The number of hydrogen-bond acceptors (Lipinski definition) is 3. The molecule has 0 radical (unpaired) electrons. The summed E-state index contributed by atoms with van der Waals surface area (Å²) in [6.45, 7) is 3.45. The number of nitrogens with zero attached hydrogens (tertiary/aromatic N) is 2. The van der Waals surface area contributed by atoms with E-state index in [9.17, 15) is 9.18 Å². The predicted molar refractivity (Wildman–Crippen MR) is 90.0 cm³/mol. The Hall–Kier alpha value is -2.43. The number of rotatable bonds is 7. The quantitative estimate of drug-likeness (QED) is 0.852. The molecule has 5 heteroatoms. The van der Waals surface area contributed by atoms with Crippen molar-refractivity contribution in [3.05, 3.63) is 59.5 Å². The summed E-state index contributed by atoms with van der Waals surface area (Å²) < 4.78 is 12.8. The third kappa shape index (κ3) is 5.06. The van der Waals surface area contributed by atoms with Crippen molar-refractivity contribution in [2.24, 2.45) is 0 Å². The molecule has 0 aliphatic heterocycles. The second-order valence-electron chi connectivity index (χ2n) is 5.49. The molecule has 4 nitrogen and oxygen atoms in total. The van der Waals surface area contributed by atoms with Gasteiger partial charge < -0.3 is 10.2 Å². The minimum atomic E-state index is -0.285. The Bertz CT molecular complexity index is 626. The molecule has 0 aliphatic rings. The maximum Gasteiger partial charge on any atom is 0.253 e. The number of benzene rings is 1. The van der Waals surface area contributed by atoms with Crippen LogP contribution in [0.3, 0.4) is 0 Å². The molecule has 0 unspecified atom stereocenters. The summed E-state index contributed by atoms with van der Waals surface area (Å²) in [5.41, 5.74) is 1.36. The number of nitrogens with one attached hydrogen (secondary N) is 1. The lowest BCUT2D eigenvalue weighted by Crippen LogP contribution is -2.24. The molecule has 0 aliphatic carbocycles. The molecule has 1 aromatic carbocycles. The molecule has 0 bridgehead atoms. The Balaban J connectivity index is 1.90. The van der Waals surface area contributed by atoms with E-state index in [0.29, 0.717) is 12.1 Å². The number of carbonyl (C=O) groups is 1. The van der Waals surface area contributed by atoms with E-state index in [1.807, 2.05) is 13.1 Å². The molecule has 0 saturated carbocycles. The third-order valence-corrected chi connectivity index (χ3v) is 3.61. The summed E-state index contributed by atoms with van der Waals surface area (Å²) in [4.78, 5) is 18.5. The van der Waals surface area contributed by atoms with Crippen LogP contribution in [-0.4, -0.2) is 24.5 Å². The average molecular weight is 315 g/mol. The van der Waals surface area contributed by atoms with Crippen LogP contribution in [0.5, 0.6) is 0 Å². The van der Waals surface area contributed by atoms with Crippen molar-refractivity contribution in [1.82, 2.24) is 10.3 Å². The van der Waals surface area contributed by atoms with Crippen molar-refractivity contribution < 1.29 is 9.18 Å². The fourth-order valence-corrected chi connectivity index (χ4v) is 2.14. The highest BCUT2D eigenvalue weighted by atomic mass is 19.1. The molecule has 1 N–H and O–H groups in total. The maximum absolute atomic E-state index is 12.8. The van der Waals surface area contributed by atoms with Crippen LogP contribution in [0, 0.1) is 5.82 Å². The highest BCUT2D eigenvalue weighted by molar-refractivity contribution is 5.94. The fraction of sp³-hybridized carbons (Fsp3) is 0.333. The minimum Gasteiger partial charge on any atom is -0.360 e. The first kappa shape index (κ1) is 16.9. The SMILES string of the molecule is CCCCN(C)c1ccc(C(=O)NCc2ccc(F)cc2)cn1. The number of hydrogen-bond donors (Lipinski definition) is 1. The van der Waals surface area contributed by atoms with Gasteiger partial charge in [0.2, 0.25) is 0 Å². The summed E-state index contributed by atoms with van der Waals surface area (Å²) in [6, 6.07) is 9.68. The van der Waals surface area contributed by atoms with E-state index in [4.69, 9.17) is 0 Å². The van der Waals surface area contributed by atoms with Crippen LogP contribution >= 0.6 is 0 Å². The Kier molecular flexibility index (Phi) is 6.09. The highest BCUT2D eigenvalue weighted by Crippen LogP contribution is 2.11. The number of amides is 1. The average Bonchev–Trinajstić information content (AvgIpc) is 2.59. The van der Waals surface area contributed by atoms with Crippen molar-refractivity contribution in [3.63, 3.8) is 0 Å².